The fraction of sp³-hybridized carbons (Fsp3) is 0.487. The van der Waals surface area contributed by atoms with Gasteiger partial charge in [-0.3, -0.25) is 4.18 Å². The summed E-state index contributed by atoms with van der Waals surface area (Å²) in [4.78, 5) is 0.116. The molecule has 0 radical (unpaired) electrons. The summed E-state index contributed by atoms with van der Waals surface area (Å²) >= 11 is 0. The fourth-order valence-corrected chi connectivity index (χ4v) is 7.81. The Kier molecular flexibility index (Phi) is 13.4. The maximum absolute atomic E-state index is 13.6. The van der Waals surface area contributed by atoms with Gasteiger partial charge in [-0.25, -0.2) is 0 Å². The number of rotatable bonds is 16. The Morgan fingerprint density at radius 3 is 2.00 bits per heavy atom. The molecule has 3 aromatic rings. The highest BCUT2D eigenvalue weighted by Crippen LogP contribution is 2.41. The van der Waals surface area contributed by atoms with E-state index in [2.05, 4.69) is 33.9 Å². The van der Waals surface area contributed by atoms with Crippen LogP contribution in [-0.4, -0.2) is 53.4 Å². The van der Waals surface area contributed by atoms with E-state index >= 15 is 0 Å². The summed E-state index contributed by atoms with van der Waals surface area (Å²) < 4.78 is 59.3. The molecular weight excluding hydrogens is 641 g/mol. The van der Waals surface area contributed by atoms with Crippen molar-refractivity contribution in [2.24, 2.45) is 0 Å². The van der Waals surface area contributed by atoms with Gasteiger partial charge in [0.05, 0.1) is 42.5 Å². The lowest BCUT2D eigenvalue weighted by Gasteiger charge is -2.40. The van der Waals surface area contributed by atoms with Gasteiger partial charge in [0.1, 0.15) is 12.2 Å². The Bertz CT molecular complexity index is 1540. The van der Waals surface area contributed by atoms with Crippen LogP contribution in [0.3, 0.4) is 0 Å². The summed E-state index contributed by atoms with van der Waals surface area (Å²) in [5.74, 6) is 0. The number of benzene rings is 3. The first-order valence-corrected chi connectivity index (χ1v) is 21.3. The molecule has 1 aliphatic heterocycles. The van der Waals surface area contributed by atoms with E-state index < -0.39 is 36.7 Å². The topological polar surface area (TPSA) is 80.3 Å². The minimum Gasteiger partial charge on any atom is -0.411 e. The summed E-state index contributed by atoms with van der Waals surface area (Å²) in [7, 11) is -6.30. The molecule has 0 aliphatic carbocycles. The molecule has 0 amide bonds. The molecule has 1 saturated heterocycles. The van der Waals surface area contributed by atoms with E-state index in [1.54, 1.807) is 24.3 Å². The van der Waals surface area contributed by atoms with E-state index in [0.717, 1.165) is 16.7 Å². The highest BCUT2D eigenvalue weighted by atomic mass is 32.2. The molecule has 0 bridgehead atoms. The molecule has 1 aliphatic rings. The minimum absolute atomic E-state index is 0.0208. The normalized spacial score (nSPS) is 21.0. The molecule has 48 heavy (non-hydrogen) atoms. The first kappa shape index (κ1) is 38.2. The molecule has 1 fully saturated rings. The van der Waals surface area contributed by atoms with Gasteiger partial charge in [0.15, 0.2) is 8.32 Å². The van der Waals surface area contributed by atoms with Gasteiger partial charge in [0.25, 0.3) is 10.1 Å². The second kappa shape index (κ2) is 16.9. The predicted molar refractivity (Wildman–Crippen MR) is 194 cm³/mol. The van der Waals surface area contributed by atoms with E-state index in [-0.39, 0.29) is 28.2 Å². The zero-order chi connectivity index (χ0) is 35.0. The SMILES string of the molecule is Cc1ccc(S(=O)(=O)O[C@H](C/C=C\[C@H](C)OCc2ccccc2)[C@@H]2C[C@@H](O[Si](C)(C)C(C)(C)C)[C@H]([C@H](C)OCc3ccccc3)O2)cc1. The van der Waals surface area contributed by atoms with Crippen LogP contribution in [0, 0.1) is 6.92 Å². The molecule has 4 rings (SSSR count). The number of hydrogen-bond acceptors (Lipinski definition) is 7. The van der Waals surface area contributed by atoms with Crippen LogP contribution in [0.4, 0.5) is 0 Å². The van der Waals surface area contributed by atoms with Gasteiger partial charge < -0.3 is 18.6 Å². The van der Waals surface area contributed by atoms with Crippen molar-refractivity contribution in [2.75, 3.05) is 0 Å². The Morgan fingerprint density at radius 1 is 0.875 bits per heavy atom. The Balaban J connectivity index is 1.56. The second-order valence-corrected chi connectivity index (χ2v) is 20.7. The maximum Gasteiger partial charge on any atom is 0.297 e. The van der Waals surface area contributed by atoms with Crippen LogP contribution in [0.5, 0.6) is 0 Å². The van der Waals surface area contributed by atoms with E-state index in [1.165, 1.54) is 0 Å². The predicted octanol–water partition coefficient (Wildman–Crippen LogP) is 8.77. The van der Waals surface area contributed by atoms with Crippen molar-refractivity contribution in [3.63, 3.8) is 0 Å². The van der Waals surface area contributed by atoms with Crippen LogP contribution in [-0.2, 0) is 46.2 Å². The van der Waals surface area contributed by atoms with Crippen molar-refractivity contribution in [3.05, 3.63) is 114 Å². The second-order valence-electron chi connectivity index (χ2n) is 14.4. The Morgan fingerprint density at radius 2 is 1.44 bits per heavy atom. The molecule has 0 aromatic heterocycles. The molecule has 3 aromatic carbocycles. The lowest BCUT2D eigenvalue weighted by molar-refractivity contribution is -0.104. The minimum atomic E-state index is -4.08. The van der Waals surface area contributed by atoms with Crippen molar-refractivity contribution in [1.29, 1.82) is 0 Å². The monoisotopic (exact) mass is 694 g/mol. The first-order valence-electron chi connectivity index (χ1n) is 17.0. The van der Waals surface area contributed by atoms with Crippen molar-refractivity contribution in [3.8, 4) is 0 Å². The summed E-state index contributed by atoms with van der Waals surface area (Å²) in [5, 5.41) is -0.0208. The van der Waals surface area contributed by atoms with Crippen molar-refractivity contribution in [2.45, 2.75) is 127 Å². The molecule has 0 N–H and O–H groups in total. The van der Waals surface area contributed by atoms with Gasteiger partial charge in [-0.05, 0) is 68.6 Å². The maximum atomic E-state index is 13.6. The third-order valence-electron chi connectivity index (χ3n) is 9.34. The highest BCUT2D eigenvalue weighted by molar-refractivity contribution is 7.86. The van der Waals surface area contributed by atoms with Gasteiger partial charge in [0.2, 0.25) is 0 Å². The average molecular weight is 695 g/mol. The van der Waals surface area contributed by atoms with Crippen molar-refractivity contribution < 1.29 is 31.2 Å². The van der Waals surface area contributed by atoms with Crippen molar-refractivity contribution >= 4 is 18.4 Å². The van der Waals surface area contributed by atoms with Crippen LogP contribution in [0.25, 0.3) is 0 Å². The van der Waals surface area contributed by atoms with Gasteiger partial charge in [-0.1, -0.05) is 111 Å². The van der Waals surface area contributed by atoms with Crippen LogP contribution in [0.2, 0.25) is 18.1 Å². The third kappa shape index (κ3) is 10.9. The van der Waals surface area contributed by atoms with E-state index in [1.807, 2.05) is 93.6 Å². The van der Waals surface area contributed by atoms with Crippen molar-refractivity contribution in [1.82, 2.24) is 0 Å². The largest absolute Gasteiger partial charge is 0.411 e. The molecule has 9 heteroatoms. The quantitative estimate of drug-likeness (QED) is 0.0843. The lowest BCUT2D eigenvalue weighted by atomic mass is 10.0. The van der Waals surface area contributed by atoms with E-state index in [9.17, 15) is 8.42 Å². The number of ether oxygens (including phenoxy) is 3. The Hall–Kier alpha value is -2.63. The highest BCUT2D eigenvalue weighted by Gasteiger charge is 2.48. The molecule has 7 nitrogen and oxygen atoms in total. The van der Waals surface area contributed by atoms with E-state index in [0.29, 0.717) is 26.1 Å². The first-order chi connectivity index (χ1) is 22.6. The van der Waals surface area contributed by atoms with Crippen LogP contribution < -0.4 is 0 Å². The number of aryl methyl sites for hydroxylation is 1. The fourth-order valence-electron chi connectivity index (χ4n) is 5.37. The summed E-state index contributed by atoms with van der Waals surface area (Å²) in [6.07, 6.45) is 2.17. The standard InChI is InChI=1S/C39H54O7SSi/c1-29-22-24-34(25-23-29)47(40,41)45-35(21-15-16-30(2)42-27-32-17-11-9-12-18-32)36-26-37(46-48(7,8)39(4,5)6)38(44-36)31(3)43-28-33-19-13-10-14-20-33/h9-20,22-25,30-31,35-38H,21,26-28H2,1-8H3/b16-15-/t30-,31-,35+,36-,37+,38-/m0/s1. The summed E-state index contributed by atoms with van der Waals surface area (Å²) in [6, 6.07) is 26.7. The zero-order valence-electron chi connectivity index (χ0n) is 29.8. The molecular formula is C39H54O7SSi. The van der Waals surface area contributed by atoms with Gasteiger partial charge in [0, 0.05) is 6.42 Å². The van der Waals surface area contributed by atoms with Crippen LogP contribution >= 0.6 is 0 Å². The van der Waals surface area contributed by atoms with Crippen LogP contribution in [0.1, 0.15) is 64.2 Å². The third-order valence-corrected chi connectivity index (χ3v) is 15.2. The molecule has 0 saturated carbocycles. The van der Waals surface area contributed by atoms with Crippen LogP contribution in [0.15, 0.2) is 102 Å². The van der Waals surface area contributed by atoms with E-state index in [4.69, 9.17) is 22.8 Å². The summed E-state index contributed by atoms with van der Waals surface area (Å²) in [6.45, 7) is 17.9. The number of hydrogen-bond donors (Lipinski definition) is 0. The molecule has 262 valence electrons. The lowest BCUT2D eigenvalue weighted by Crippen LogP contribution is -2.48. The molecule has 0 spiro atoms. The molecule has 0 unspecified atom stereocenters. The Labute approximate surface area is 289 Å². The summed E-state index contributed by atoms with van der Waals surface area (Å²) in [5.41, 5.74) is 3.12. The average Bonchev–Trinajstić information content (AvgIpc) is 3.46. The zero-order valence-corrected chi connectivity index (χ0v) is 31.6. The smallest absolute Gasteiger partial charge is 0.297 e. The van der Waals surface area contributed by atoms with Gasteiger partial charge in [-0.15, -0.1) is 0 Å². The molecule has 1 heterocycles. The molecule has 6 atom stereocenters. The van der Waals surface area contributed by atoms with Gasteiger partial charge in [-0.2, -0.15) is 8.42 Å². The van der Waals surface area contributed by atoms with Gasteiger partial charge >= 0.3 is 0 Å².